The summed E-state index contributed by atoms with van der Waals surface area (Å²) in [5.41, 5.74) is 2.05. The Morgan fingerprint density at radius 3 is 2.41 bits per heavy atom. The fraction of sp³-hybridized carbons (Fsp3) is 0.583. The number of benzene rings is 1. The summed E-state index contributed by atoms with van der Waals surface area (Å²) in [4.78, 5) is 0. The first-order valence-corrected chi connectivity index (χ1v) is 10.8. The van der Waals surface area contributed by atoms with E-state index < -0.39 is 0 Å². The number of allylic oxidation sites excluding steroid dienone is 2. The molecular formula is C24H37NO4. The molecule has 0 aliphatic heterocycles. The summed E-state index contributed by atoms with van der Waals surface area (Å²) >= 11 is 0. The molecule has 1 atom stereocenters. The summed E-state index contributed by atoms with van der Waals surface area (Å²) in [6.45, 7) is 4.44. The molecule has 0 radical (unpaired) electrons. The van der Waals surface area contributed by atoms with E-state index in [1.165, 1.54) is 5.56 Å². The minimum Gasteiger partial charge on any atom is -0.395 e. The maximum atomic E-state index is 9.75. The van der Waals surface area contributed by atoms with E-state index in [2.05, 4.69) is 29.6 Å². The van der Waals surface area contributed by atoms with Gasteiger partial charge in [0.15, 0.2) is 0 Å². The number of aryl methyl sites for hydroxylation is 1. The molecule has 2 rings (SSSR count). The van der Waals surface area contributed by atoms with Crippen molar-refractivity contribution in [3.8, 4) is 0 Å². The van der Waals surface area contributed by atoms with E-state index in [1.54, 1.807) is 0 Å². The highest BCUT2D eigenvalue weighted by Crippen LogP contribution is 2.30. The third kappa shape index (κ3) is 9.70. The molecule has 0 saturated carbocycles. The van der Waals surface area contributed by atoms with Crippen molar-refractivity contribution in [1.82, 2.24) is 5.32 Å². The van der Waals surface area contributed by atoms with E-state index in [0.29, 0.717) is 32.8 Å². The van der Waals surface area contributed by atoms with Crippen LogP contribution in [0.4, 0.5) is 0 Å². The Labute approximate surface area is 175 Å². The topological polar surface area (TPSA) is 71.0 Å². The number of ether oxygens (including phenoxy) is 2. The number of hydrogen-bond donors (Lipinski definition) is 3. The summed E-state index contributed by atoms with van der Waals surface area (Å²) in [5, 5.41) is 22.5. The quantitative estimate of drug-likeness (QED) is 0.370. The maximum absolute atomic E-state index is 9.75. The van der Waals surface area contributed by atoms with Gasteiger partial charge in [-0.25, -0.2) is 0 Å². The van der Waals surface area contributed by atoms with Gasteiger partial charge in [0.05, 0.1) is 26.4 Å². The molecule has 1 aromatic carbocycles. The van der Waals surface area contributed by atoms with Gasteiger partial charge in [0.1, 0.15) is 0 Å². The van der Waals surface area contributed by atoms with E-state index in [-0.39, 0.29) is 18.6 Å². The molecule has 0 fully saturated rings. The van der Waals surface area contributed by atoms with Crippen molar-refractivity contribution in [3.05, 3.63) is 59.7 Å². The van der Waals surface area contributed by atoms with Crippen molar-refractivity contribution in [2.75, 3.05) is 52.7 Å². The van der Waals surface area contributed by atoms with E-state index in [1.807, 2.05) is 24.3 Å². The van der Waals surface area contributed by atoms with Gasteiger partial charge < -0.3 is 25.0 Å². The average molecular weight is 404 g/mol. The molecule has 0 saturated heterocycles. The van der Waals surface area contributed by atoms with Crippen LogP contribution in [0, 0.1) is 5.41 Å². The Hall–Kier alpha value is -1.50. The summed E-state index contributed by atoms with van der Waals surface area (Å²) < 4.78 is 11.2. The lowest BCUT2D eigenvalue weighted by Gasteiger charge is -2.32. The van der Waals surface area contributed by atoms with Gasteiger partial charge in [-0.05, 0) is 49.8 Å². The highest BCUT2D eigenvalue weighted by molar-refractivity contribution is 5.24. The summed E-state index contributed by atoms with van der Waals surface area (Å²) in [6.07, 6.45) is 10.8. The molecule has 3 N–H and O–H groups in total. The van der Waals surface area contributed by atoms with Crippen LogP contribution in [-0.2, 0) is 15.9 Å². The van der Waals surface area contributed by atoms with Crippen molar-refractivity contribution in [3.63, 3.8) is 0 Å². The lowest BCUT2D eigenvalue weighted by atomic mass is 9.79. The first kappa shape index (κ1) is 23.8. The molecule has 0 bridgehead atoms. The van der Waals surface area contributed by atoms with E-state index in [4.69, 9.17) is 9.47 Å². The zero-order valence-corrected chi connectivity index (χ0v) is 17.5. The van der Waals surface area contributed by atoms with Crippen LogP contribution in [0.2, 0.25) is 0 Å². The highest BCUT2D eigenvalue weighted by Gasteiger charge is 2.28. The zero-order valence-electron chi connectivity index (χ0n) is 17.5. The van der Waals surface area contributed by atoms with Gasteiger partial charge >= 0.3 is 0 Å². The smallest absolute Gasteiger partial charge is 0.0700 e. The molecule has 5 nitrogen and oxygen atoms in total. The van der Waals surface area contributed by atoms with Gasteiger partial charge in [0, 0.05) is 25.2 Å². The Morgan fingerprint density at radius 1 is 0.931 bits per heavy atom. The van der Waals surface area contributed by atoms with Crippen molar-refractivity contribution in [2.45, 2.75) is 32.1 Å². The fourth-order valence-corrected chi connectivity index (χ4v) is 3.49. The lowest BCUT2D eigenvalue weighted by molar-refractivity contribution is 0.0454. The van der Waals surface area contributed by atoms with Crippen molar-refractivity contribution < 1.29 is 19.7 Å². The third-order valence-electron chi connectivity index (χ3n) is 5.22. The molecule has 1 aromatic rings. The van der Waals surface area contributed by atoms with Crippen LogP contribution in [0.25, 0.3) is 0 Å². The van der Waals surface area contributed by atoms with Crippen LogP contribution in [-0.4, -0.2) is 62.9 Å². The summed E-state index contributed by atoms with van der Waals surface area (Å²) in [5.74, 6) is 0. The largest absolute Gasteiger partial charge is 0.395 e. The Morgan fingerprint density at radius 2 is 1.69 bits per heavy atom. The predicted molar refractivity (Wildman–Crippen MR) is 117 cm³/mol. The predicted octanol–water partition coefficient (Wildman–Crippen LogP) is 2.88. The number of aliphatic hydroxyl groups excluding tert-OH is 2. The van der Waals surface area contributed by atoms with Gasteiger partial charge in [0.2, 0.25) is 0 Å². The Bertz CT molecular complexity index is 602. The number of unbranched alkanes of at least 4 members (excludes halogenated alkanes) is 1. The average Bonchev–Trinajstić information content (AvgIpc) is 2.77. The second kappa shape index (κ2) is 14.5. The monoisotopic (exact) mass is 403 g/mol. The first-order chi connectivity index (χ1) is 14.3. The normalized spacial score (nSPS) is 18.8. The van der Waals surface area contributed by atoms with Crippen molar-refractivity contribution >= 4 is 0 Å². The molecular weight excluding hydrogens is 366 g/mol. The number of aliphatic hydroxyl groups is 2. The fourth-order valence-electron chi connectivity index (χ4n) is 3.49. The second-order valence-corrected chi connectivity index (χ2v) is 7.74. The molecule has 162 valence electrons. The highest BCUT2D eigenvalue weighted by atomic mass is 16.5. The first-order valence-electron chi connectivity index (χ1n) is 10.8. The Kier molecular flexibility index (Phi) is 11.9. The van der Waals surface area contributed by atoms with Crippen molar-refractivity contribution in [1.29, 1.82) is 0 Å². The summed E-state index contributed by atoms with van der Waals surface area (Å²) in [7, 11) is 0. The molecule has 5 heteroatoms. The van der Waals surface area contributed by atoms with Crippen LogP contribution in [0.5, 0.6) is 0 Å². The van der Waals surface area contributed by atoms with Crippen LogP contribution < -0.4 is 5.32 Å². The zero-order chi connectivity index (χ0) is 20.6. The maximum Gasteiger partial charge on any atom is 0.0700 e. The molecule has 1 unspecified atom stereocenters. The minimum atomic E-state index is -0.304. The number of hydrogen-bond acceptors (Lipinski definition) is 5. The van der Waals surface area contributed by atoms with Crippen LogP contribution >= 0.6 is 0 Å². The summed E-state index contributed by atoms with van der Waals surface area (Å²) in [6, 6.07) is 10.6. The van der Waals surface area contributed by atoms with Gasteiger partial charge in [-0.15, -0.1) is 0 Å². The van der Waals surface area contributed by atoms with Crippen LogP contribution in [0.1, 0.15) is 31.2 Å². The molecule has 0 amide bonds. The number of nitrogens with one attached hydrogen (secondary N) is 1. The van der Waals surface area contributed by atoms with E-state index >= 15 is 0 Å². The Balaban J connectivity index is 1.38. The van der Waals surface area contributed by atoms with Crippen molar-refractivity contribution in [2.24, 2.45) is 5.41 Å². The standard InChI is InChI=1S/C24H37NO4/c26-19-23-11-6-12-24(18-23,21-27)20-25-13-7-15-29-17-16-28-14-5-4-10-22-8-2-1-3-9-22/h1-3,6,8-9,11-12,25-27H,4-5,7,10,13-21H2. The lowest BCUT2D eigenvalue weighted by Crippen LogP contribution is -2.38. The molecule has 0 spiro atoms. The molecule has 1 aliphatic carbocycles. The molecule has 29 heavy (non-hydrogen) atoms. The number of rotatable bonds is 16. The molecule has 1 aliphatic rings. The third-order valence-corrected chi connectivity index (χ3v) is 5.22. The minimum absolute atomic E-state index is 0.0506. The van der Waals surface area contributed by atoms with Gasteiger partial charge in [-0.1, -0.05) is 48.6 Å². The SMILES string of the molecule is OCC1=CC=CC(CO)(CNCCCOCCOCCCCc2ccccc2)C1. The van der Waals surface area contributed by atoms with Crippen LogP contribution in [0.15, 0.2) is 54.1 Å². The van der Waals surface area contributed by atoms with Gasteiger partial charge in [-0.3, -0.25) is 0 Å². The van der Waals surface area contributed by atoms with E-state index in [0.717, 1.165) is 44.4 Å². The van der Waals surface area contributed by atoms with E-state index in [9.17, 15) is 10.2 Å². The van der Waals surface area contributed by atoms with Crippen LogP contribution in [0.3, 0.4) is 0 Å². The van der Waals surface area contributed by atoms with Gasteiger partial charge in [-0.2, -0.15) is 0 Å². The van der Waals surface area contributed by atoms with Gasteiger partial charge in [0.25, 0.3) is 0 Å². The molecule has 0 aromatic heterocycles. The molecule has 0 heterocycles. The second-order valence-electron chi connectivity index (χ2n) is 7.74.